The Morgan fingerprint density at radius 1 is 1.64 bits per heavy atom. The van der Waals surface area contributed by atoms with Gasteiger partial charge in [0.2, 0.25) is 0 Å². The molecular formula is C7H12O2S2. The van der Waals surface area contributed by atoms with Gasteiger partial charge in [-0.05, 0) is 26.0 Å². The quantitative estimate of drug-likeness (QED) is 0.625. The summed E-state index contributed by atoms with van der Waals surface area (Å²) in [6.45, 7) is 3.31. The smallest absolute Gasteiger partial charge is 0.158 e. The van der Waals surface area contributed by atoms with Crippen LogP contribution < -0.4 is 0 Å². The van der Waals surface area contributed by atoms with Crippen LogP contribution in [0.15, 0.2) is 0 Å². The van der Waals surface area contributed by atoms with E-state index in [2.05, 4.69) is 0 Å². The maximum Gasteiger partial charge on any atom is 0.158 e. The van der Waals surface area contributed by atoms with E-state index in [0.717, 1.165) is 12.2 Å². The van der Waals surface area contributed by atoms with Gasteiger partial charge in [0.1, 0.15) is 4.08 Å². The molecule has 0 bridgehead atoms. The lowest BCUT2D eigenvalue weighted by Crippen LogP contribution is -2.39. The summed E-state index contributed by atoms with van der Waals surface area (Å²) in [5, 5.41) is 0. The van der Waals surface area contributed by atoms with E-state index in [0.29, 0.717) is 5.75 Å². The summed E-state index contributed by atoms with van der Waals surface area (Å²) in [4.78, 5) is 11.1. The SMILES string of the molecule is CC(=O)[C@@]1(C)SCCCS1=O. The maximum absolute atomic E-state index is 11.4. The Morgan fingerprint density at radius 3 is 2.64 bits per heavy atom. The summed E-state index contributed by atoms with van der Waals surface area (Å²) in [6, 6.07) is 0. The second-order valence-corrected chi connectivity index (χ2v) is 6.44. The first-order chi connectivity index (χ1) is 5.07. The van der Waals surface area contributed by atoms with E-state index in [1.807, 2.05) is 0 Å². The van der Waals surface area contributed by atoms with Crippen molar-refractivity contribution < 1.29 is 9.00 Å². The molecule has 4 heteroatoms. The molecule has 0 N–H and O–H groups in total. The first-order valence-corrected chi connectivity index (χ1v) is 5.91. The molecule has 1 fully saturated rings. The van der Waals surface area contributed by atoms with Crippen molar-refractivity contribution >= 4 is 28.3 Å². The van der Waals surface area contributed by atoms with Crippen LogP contribution in [0.5, 0.6) is 0 Å². The Hall–Kier alpha value is 0.170. The summed E-state index contributed by atoms with van der Waals surface area (Å²) in [7, 11) is -0.960. The molecule has 0 aliphatic carbocycles. The molecule has 0 aromatic heterocycles. The van der Waals surface area contributed by atoms with Crippen molar-refractivity contribution in [2.24, 2.45) is 0 Å². The fourth-order valence-electron chi connectivity index (χ4n) is 0.979. The van der Waals surface area contributed by atoms with Gasteiger partial charge in [0, 0.05) is 16.6 Å². The minimum atomic E-state index is -0.960. The number of carbonyl (C=O) groups is 1. The maximum atomic E-state index is 11.4. The highest BCUT2D eigenvalue weighted by Crippen LogP contribution is 2.34. The van der Waals surface area contributed by atoms with Crippen molar-refractivity contribution in [1.29, 1.82) is 0 Å². The molecular weight excluding hydrogens is 180 g/mol. The predicted molar refractivity (Wildman–Crippen MR) is 49.2 cm³/mol. The lowest BCUT2D eigenvalue weighted by Gasteiger charge is -2.29. The number of Topliss-reactive ketones (excluding diaryl/α,β-unsaturated/α-hetero) is 1. The van der Waals surface area contributed by atoms with Crippen LogP contribution in [-0.2, 0) is 15.6 Å². The number of hydrogen-bond donors (Lipinski definition) is 0. The van der Waals surface area contributed by atoms with Gasteiger partial charge in [-0.15, -0.1) is 11.8 Å². The Labute approximate surface area is 73.6 Å². The van der Waals surface area contributed by atoms with Gasteiger partial charge in [-0.2, -0.15) is 0 Å². The highest BCUT2D eigenvalue weighted by Gasteiger charge is 2.39. The molecule has 11 heavy (non-hydrogen) atoms. The summed E-state index contributed by atoms with van der Waals surface area (Å²) in [5.74, 6) is 1.69. The number of rotatable bonds is 1. The highest BCUT2D eigenvalue weighted by atomic mass is 32.2. The topological polar surface area (TPSA) is 34.1 Å². The third-order valence-corrected chi connectivity index (χ3v) is 5.98. The lowest BCUT2D eigenvalue weighted by molar-refractivity contribution is -0.117. The Kier molecular flexibility index (Phi) is 2.75. The normalized spacial score (nSPS) is 38.5. The van der Waals surface area contributed by atoms with Crippen LogP contribution in [0.4, 0.5) is 0 Å². The monoisotopic (exact) mass is 192 g/mol. The molecule has 0 radical (unpaired) electrons. The van der Waals surface area contributed by atoms with Gasteiger partial charge in [0.05, 0.1) is 0 Å². The lowest BCUT2D eigenvalue weighted by atomic mass is 10.3. The summed E-state index contributed by atoms with van der Waals surface area (Å²) < 4.78 is 10.8. The molecule has 1 rings (SSSR count). The number of thioether (sulfide) groups is 1. The van der Waals surface area contributed by atoms with Crippen LogP contribution in [0, 0.1) is 0 Å². The third kappa shape index (κ3) is 1.67. The zero-order valence-electron chi connectivity index (χ0n) is 6.75. The van der Waals surface area contributed by atoms with E-state index in [4.69, 9.17) is 0 Å². The van der Waals surface area contributed by atoms with Gasteiger partial charge >= 0.3 is 0 Å². The van der Waals surface area contributed by atoms with E-state index in [9.17, 15) is 9.00 Å². The fourth-order valence-corrected chi connectivity index (χ4v) is 4.19. The molecule has 0 saturated carbocycles. The van der Waals surface area contributed by atoms with Gasteiger partial charge in [0.25, 0.3) is 0 Å². The minimum Gasteiger partial charge on any atom is -0.297 e. The average molecular weight is 192 g/mol. The Morgan fingerprint density at radius 2 is 2.27 bits per heavy atom. The van der Waals surface area contributed by atoms with Crippen LogP contribution in [0.2, 0.25) is 0 Å². The summed E-state index contributed by atoms with van der Waals surface area (Å²) in [6.07, 6.45) is 0.972. The molecule has 2 nitrogen and oxygen atoms in total. The molecule has 1 heterocycles. The zero-order valence-corrected chi connectivity index (χ0v) is 8.39. The zero-order chi connectivity index (χ0) is 8.48. The average Bonchev–Trinajstić information content (AvgIpc) is 1.95. The van der Waals surface area contributed by atoms with Gasteiger partial charge < -0.3 is 0 Å². The molecule has 64 valence electrons. The minimum absolute atomic E-state index is 0.0422. The second-order valence-electron chi connectivity index (χ2n) is 2.75. The van der Waals surface area contributed by atoms with E-state index >= 15 is 0 Å². The predicted octanol–water partition coefficient (Wildman–Crippen LogP) is 1.18. The van der Waals surface area contributed by atoms with Crippen molar-refractivity contribution in [3.8, 4) is 0 Å². The number of ketones is 1. The van der Waals surface area contributed by atoms with E-state index in [1.54, 1.807) is 6.92 Å². The van der Waals surface area contributed by atoms with Crippen molar-refractivity contribution in [2.75, 3.05) is 11.5 Å². The van der Waals surface area contributed by atoms with Crippen LogP contribution in [0.25, 0.3) is 0 Å². The van der Waals surface area contributed by atoms with Crippen molar-refractivity contribution in [3.63, 3.8) is 0 Å². The third-order valence-electron chi connectivity index (χ3n) is 1.93. The molecule has 0 aromatic rings. The van der Waals surface area contributed by atoms with Crippen molar-refractivity contribution in [2.45, 2.75) is 24.3 Å². The standard InChI is InChI=1S/C7H12O2S2/c1-6(8)7(2)10-4-3-5-11(7)9/h3-5H2,1-2H3/t7-,11?/m0/s1. The van der Waals surface area contributed by atoms with E-state index < -0.39 is 14.9 Å². The molecule has 0 amide bonds. The summed E-state index contributed by atoms with van der Waals surface area (Å²) in [5.41, 5.74) is 0. The molecule has 0 spiro atoms. The molecule has 0 aromatic carbocycles. The largest absolute Gasteiger partial charge is 0.297 e. The molecule has 1 aliphatic rings. The van der Waals surface area contributed by atoms with E-state index in [-0.39, 0.29) is 5.78 Å². The van der Waals surface area contributed by atoms with Gasteiger partial charge in [0.15, 0.2) is 5.78 Å². The second kappa shape index (κ2) is 3.27. The van der Waals surface area contributed by atoms with Gasteiger partial charge in [-0.1, -0.05) is 0 Å². The number of hydrogen-bond acceptors (Lipinski definition) is 3. The number of carbonyl (C=O) groups excluding carboxylic acids is 1. The first-order valence-electron chi connectivity index (χ1n) is 3.61. The Balaban J connectivity index is 2.81. The van der Waals surface area contributed by atoms with Crippen molar-refractivity contribution in [3.05, 3.63) is 0 Å². The Bertz CT molecular complexity index is 203. The molecule has 1 unspecified atom stereocenters. The van der Waals surface area contributed by atoms with Crippen LogP contribution in [0.3, 0.4) is 0 Å². The fraction of sp³-hybridized carbons (Fsp3) is 0.857. The van der Waals surface area contributed by atoms with Gasteiger partial charge in [-0.3, -0.25) is 9.00 Å². The molecule has 1 saturated heterocycles. The first kappa shape index (κ1) is 9.26. The van der Waals surface area contributed by atoms with Gasteiger partial charge in [-0.25, -0.2) is 0 Å². The molecule has 2 atom stereocenters. The van der Waals surface area contributed by atoms with Crippen LogP contribution in [-0.4, -0.2) is 25.6 Å². The molecule has 1 aliphatic heterocycles. The van der Waals surface area contributed by atoms with Crippen LogP contribution >= 0.6 is 11.8 Å². The van der Waals surface area contributed by atoms with Crippen molar-refractivity contribution in [1.82, 2.24) is 0 Å². The van der Waals surface area contributed by atoms with E-state index in [1.165, 1.54) is 18.7 Å². The highest BCUT2D eigenvalue weighted by molar-refractivity contribution is 8.14. The summed E-state index contributed by atoms with van der Waals surface area (Å²) >= 11 is 1.53. The van der Waals surface area contributed by atoms with Crippen LogP contribution in [0.1, 0.15) is 20.3 Å².